The van der Waals surface area contributed by atoms with Crippen molar-refractivity contribution in [3.8, 4) is 28.4 Å². The van der Waals surface area contributed by atoms with Crippen molar-refractivity contribution in [2.24, 2.45) is 5.10 Å². The van der Waals surface area contributed by atoms with Crippen molar-refractivity contribution < 1.29 is 23.8 Å². The lowest BCUT2D eigenvalue weighted by atomic mass is 10.0. The number of rotatable bonds is 8. The number of fused-ring (bicyclic) bond motifs is 1. The van der Waals surface area contributed by atoms with Crippen molar-refractivity contribution in [1.29, 1.82) is 0 Å². The first-order chi connectivity index (χ1) is 19.9. The van der Waals surface area contributed by atoms with Crippen LogP contribution in [0.4, 0.5) is 0 Å². The van der Waals surface area contributed by atoms with E-state index in [9.17, 15) is 9.59 Å². The van der Waals surface area contributed by atoms with Crippen LogP contribution in [0.3, 0.4) is 0 Å². The highest BCUT2D eigenvalue weighted by atomic mass is 79.9. The fourth-order valence-electron chi connectivity index (χ4n) is 4.31. The molecule has 0 bridgehead atoms. The summed E-state index contributed by atoms with van der Waals surface area (Å²) < 4.78 is 17.9. The maximum Gasteiger partial charge on any atom is 0.343 e. The van der Waals surface area contributed by atoms with Crippen LogP contribution in [-0.4, -0.2) is 37.3 Å². The number of esters is 1. The predicted molar refractivity (Wildman–Crippen MR) is 165 cm³/mol. The second-order valence-electron chi connectivity index (χ2n) is 8.74. The molecule has 1 aromatic heterocycles. The summed E-state index contributed by atoms with van der Waals surface area (Å²) in [7, 11) is 3.10. The number of methoxy groups -OCH3 is 2. The molecule has 8 nitrogen and oxygen atoms in total. The molecule has 41 heavy (non-hydrogen) atoms. The molecule has 206 valence electrons. The molecule has 0 unspecified atom stereocenters. The molecule has 4 aromatic carbocycles. The lowest BCUT2D eigenvalue weighted by Gasteiger charge is -2.09. The van der Waals surface area contributed by atoms with Gasteiger partial charge in [0.1, 0.15) is 22.9 Å². The Hall–Kier alpha value is -4.41. The molecule has 10 heteroatoms. The van der Waals surface area contributed by atoms with E-state index in [1.54, 1.807) is 49.6 Å². The number of aromatic amines is 1. The van der Waals surface area contributed by atoms with Gasteiger partial charge in [-0.15, -0.1) is 0 Å². The molecule has 5 aromatic rings. The maximum absolute atomic E-state index is 13.5. The monoisotopic (exact) mass is 675 g/mol. The van der Waals surface area contributed by atoms with Crippen LogP contribution < -0.4 is 19.6 Å². The first kappa shape index (κ1) is 28.1. The molecule has 0 atom stereocenters. The summed E-state index contributed by atoms with van der Waals surface area (Å²) in [6.45, 7) is 0. The van der Waals surface area contributed by atoms with Crippen LogP contribution in [0, 0.1) is 0 Å². The molecular weight excluding hydrogens is 654 g/mol. The second-order valence-corrected chi connectivity index (χ2v) is 10.5. The van der Waals surface area contributed by atoms with Crippen molar-refractivity contribution in [3.05, 3.63) is 111 Å². The zero-order chi connectivity index (χ0) is 28.9. The minimum absolute atomic E-state index is 0.267. The molecule has 0 aliphatic heterocycles. The van der Waals surface area contributed by atoms with E-state index in [2.05, 4.69) is 47.4 Å². The number of carbonyl (C=O) groups is 2. The summed E-state index contributed by atoms with van der Waals surface area (Å²) in [5, 5.41) is 4.99. The molecule has 0 saturated carbocycles. The van der Waals surface area contributed by atoms with Gasteiger partial charge in [-0.1, -0.05) is 68.3 Å². The van der Waals surface area contributed by atoms with E-state index in [0.717, 1.165) is 19.9 Å². The van der Waals surface area contributed by atoms with E-state index in [4.69, 9.17) is 14.2 Å². The molecule has 0 fully saturated rings. The number of hydrogen-bond acceptors (Lipinski definition) is 6. The zero-order valence-electron chi connectivity index (χ0n) is 21.9. The van der Waals surface area contributed by atoms with E-state index in [1.165, 1.54) is 13.3 Å². The van der Waals surface area contributed by atoms with Crippen LogP contribution in [0.2, 0.25) is 0 Å². The van der Waals surface area contributed by atoms with Gasteiger partial charge in [0, 0.05) is 25.5 Å². The fourth-order valence-corrected chi connectivity index (χ4v) is 5.22. The standard InChI is InChI=1S/C31H23Br2N3O5/c1-39-22-10-6-9-19(16-22)31(38)41-24-13-11-21(32)15-20(24)17-34-36-30(37)29-26(18-7-4-3-5-8-18)27-23(33)12-14-25(40-2)28(27)35-29/h3-17,35H,1-2H3,(H,36,37). The summed E-state index contributed by atoms with van der Waals surface area (Å²) in [5.41, 5.74) is 5.93. The molecule has 5 rings (SSSR count). The van der Waals surface area contributed by atoms with Crippen molar-refractivity contribution in [1.82, 2.24) is 10.4 Å². The highest BCUT2D eigenvalue weighted by Gasteiger charge is 2.23. The van der Waals surface area contributed by atoms with Crippen LogP contribution in [0.5, 0.6) is 17.2 Å². The number of hydrazone groups is 1. The van der Waals surface area contributed by atoms with Crippen LogP contribution in [-0.2, 0) is 0 Å². The highest BCUT2D eigenvalue weighted by Crippen LogP contribution is 2.40. The van der Waals surface area contributed by atoms with Gasteiger partial charge in [-0.2, -0.15) is 5.10 Å². The lowest BCUT2D eigenvalue weighted by molar-refractivity contribution is 0.0733. The number of amides is 1. The van der Waals surface area contributed by atoms with Gasteiger partial charge in [-0.3, -0.25) is 4.79 Å². The van der Waals surface area contributed by atoms with E-state index >= 15 is 0 Å². The molecule has 1 amide bonds. The summed E-state index contributed by atoms with van der Waals surface area (Å²) in [5.74, 6) is 0.379. The van der Waals surface area contributed by atoms with Gasteiger partial charge in [0.2, 0.25) is 0 Å². The SMILES string of the molecule is COc1cccc(C(=O)Oc2ccc(Br)cc2C=NNC(=O)c2[nH]c3c(OC)ccc(Br)c3c2-c2ccccc2)c1. The second kappa shape index (κ2) is 12.4. The molecule has 0 aliphatic carbocycles. The van der Waals surface area contributed by atoms with E-state index < -0.39 is 11.9 Å². The number of hydrogen-bond donors (Lipinski definition) is 2. The van der Waals surface area contributed by atoms with Crippen LogP contribution in [0.15, 0.2) is 99.0 Å². The summed E-state index contributed by atoms with van der Waals surface area (Å²) in [6.07, 6.45) is 1.41. The van der Waals surface area contributed by atoms with Gasteiger partial charge in [0.15, 0.2) is 0 Å². The van der Waals surface area contributed by atoms with Crippen molar-refractivity contribution in [3.63, 3.8) is 0 Å². The number of halogens is 2. The van der Waals surface area contributed by atoms with Gasteiger partial charge >= 0.3 is 5.97 Å². The van der Waals surface area contributed by atoms with E-state index in [-0.39, 0.29) is 5.75 Å². The first-order valence-corrected chi connectivity index (χ1v) is 13.9. The van der Waals surface area contributed by atoms with Crippen molar-refractivity contribution in [2.75, 3.05) is 14.2 Å². The van der Waals surface area contributed by atoms with Gasteiger partial charge in [0.25, 0.3) is 5.91 Å². The molecule has 0 aliphatic rings. The summed E-state index contributed by atoms with van der Waals surface area (Å²) >= 11 is 7.06. The lowest BCUT2D eigenvalue weighted by Crippen LogP contribution is -2.19. The van der Waals surface area contributed by atoms with Crippen LogP contribution in [0.25, 0.3) is 22.0 Å². The number of H-pyrrole nitrogens is 1. The quantitative estimate of drug-likeness (QED) is 0.0774. The van der Waals surface area contributed by atoms with E-state index in [0.29, 0.717) is 39.4 Å². The Morgan fingerprint density at radius 1 is 0.878 bits per heavy atom. The van der Waals surface area contributed by atoms with Gasteiger partial charge < -0.3 is 19.2 Å². The number of benzene rings is 4. The number of ether oxygens (including phenoxy) is 3. The normalized spacial score (nSPS) is 11.0. The third kappa shape index (κ3) is 6.03. The Bertz CT molecular complexity index is 1780. The highest BCUT2D eigenvalue weighted by molar-refractivity contribution is 9.11. The fraction of sp³-hybridized carbons (Fsp3) is 0.0645. The Morgan fingerprint density at radius 3 is 2.41 bits per heavy atom. The molecular formula is C31H23Br2N3O5. The average Bonchev–Trinajstić information content (AvgIpc) is 3.41. The van der Waals surface area contributed by atoms with Crippen LogP contribution in [0.1, 0.15) is 26.4 Å². The average molecular weight is 677 g/mol. The number of carbonyl (C=O) groups excluding carboxylic acids is 2. The summed E-state index contributed by atoms with van der Waals surface area (Å²) in [4.78, 5) is 29.5. The third-order valence-corrected chi connectivity index (χ3v) is 7.38. The van der Waals surface area contributed by atoms with Crippen molar-refractivity contribution in [2.45, 2.75) is 0 Å². The maximum atomic E-state index is 13.5. The smallest absolute Gasteiger partial charge is 0.343 e. The Morgan fingerprint density at radius 2 is 1.66 bits per heavy atom. The Balaban J connectivity index is 1.44. The van der Waals surface area contributed by atoms with Gasteiger partial charge in [-0.05, 0) is 54.1 Å². The Labute approximate surface area is 252 Å². The van der Waals surface area contributed by atoms with Crippen molar-refractivity contribution >= 4 is 60.9 Å². The molecule has 0 spiro atoms. The Kier molecular flexibility index (Phi) is 8.51. The largest absolute Gasteiger partial charge is 0.497 e. The first-order valence-electron chi connectivity index (χ1n) is 12.3. The van der Waals surface area contributed by atoms with Gasteiger partial charge in [-0.25, -0.2) is 10.2 Å². The molecule has 0 saturated heterocycles. The van der Waals surface area contributed by atoms with Crippen LogP contribution >= 0.6 is 31.9 Å². The number of nitrogens with zero attached hydrogens (tertiary/aromatic N) is 1. The minimum atomic E-state index is -0.560. The predicted octanol–water partition coefficient (Wildman–Crippen LogP) is 7.36. The zero-order valence-corrected chi connectivity index (χ0v) is 25.1. The third-order valence-electron chi connectivity index (χ3n) is 6.23. The molecule has 2 N–H and O–H groups in total. The summed E-state index contributed by atoms with van der Waals surface area (Å²) in [6, 6.07) is 25.1. The van der Waals surface area contributed by atoms with Gasteiger partial charge in [0.05, 0.1) is 31.5 Å². The molecule has 1 heterocycles. The van der Waals surface area contributed by atoms with E-state index in [1.807, 2.05) is 42.5 Å². The number of nitrogens with one attached hydrogen (secondary N) is 2. The minimum Gasteiger partial charge on any atom is -0.497 e. The number of aromatic nitrogens is 1. The topological polar surface area (TPSA) is 102 Å². The molecule has 0 radical (unpaired) electrons.